The minimum absolute atomic E-state index is 0.239. The lowest BCUT2D eigenvalue weighted by Gasteiger charge is -2.23. The predicted octanol–water partition coefficient (Wildman–Crippen LogP) is 3.69. The second-order valence-electron chi connectivity index (χ2n) is 7.48. The van der Waals surface area contributed by atoms with Crippen molar-refractivity contribution < 1.29 is 37.0 Å². The number of halogens is 4. The van der Waals surface area contributed by atoms with Gasteiger partial charge in [-0.2, -0.15) is 8.78 Å². The topological polar surface area (TPSA) is 87.7 Å². The van der Waals surface area contributed by atoms with Crippen LogP contribution >= 0.6 is 0 Å². The van der Waals surface area contributed by atoms with Crippen molar-refractivity contribution in [1.82, 2.24) is 10.6 Å². The van der Waals surface area contributed by atoms with Crippen LogP contribution in [0.15, 0.2) is 0 Å². The highest BCUT2D eigenvalue weighted by molar-refractivity contribution is 5.86. The van der Waals surface area contributed by atoms with Gasteiger partial charge in [0, 0.05) is 18.5 Å². The molecular weight excluding hydrogens is 396 g/mol. The fraction of sp³-hybridized carbons (Fsp3) is 0.579. The van der Waals surface area contributed by atoms with Crippen LogP contribution in [-0.4, -0.2) is 35.3 Å². The van der Waals surface area contributed by atoms with E-state index in [1.165, 1.54) is 0 Å². The molecule has 1 aromatic rings. The van der Waals surface area contributed by atoms with Crippen LogP contribution in [0, 0.1) is 23.3 Å². The number of amides is 2. The normalized spacial score (nSPS) is 12.4. The molecule has 1 aromatic carbocycles. The molecule has 0 aliphatic heterocycles. The van der Waals surface area contributed by atoms with E-state index in [0.717, 1.165) is 12.8 Å². The Labute approximate surface area is 166 Å². The van der Waals surface area contributed by atoms with Gasteiger partial charge < -0.3 is 20.5 Å². The van der Waals surface area contributed by atoms with E-state index in [1.54, 1.807) is 20.8 Å². The Morgan fingerprint density at radius 3 is 2.07 bits per heavy atom. The Morgan fingerprint density at radius 2 is 1.59 bits per heavy atom. The number of hydrogen-bond acceptors (Lipinski definition) is 4. The molecule has 6 nitrogen and oxygen atoms in total. The summed E-state index contributed by atoms with van der Waals surface area (Å²) in [5.41, 5.74) is -2.04. The molecule has 0 fully saturated rings. The summed E-state index contributed by atoms with van der Waals surface area (Å²) in [5.74, 6) is -10.3. The van der Waals surface area contributed by atoms with E-state index < -0.39 is 64.6 Å². The Morgan fingerprint density at radius 1 is 1.03 bits per heavy atom. The highest BCUT2D eigenvalue weighted by Crippen LogP contribution is 2.29. The number of phenols is 1. The third-order valence-electron chi connectivity index (χ3n) is 3.83. The van der Waals surface area contributed by atoms with Gasteiger partial charge in [-0.3, -0.25) is 4.79 Å². The molecule has 0 saturated heterocycles. The summed E-state index contributed by atoms with van der Waals surface area (Å²) < 4.78 is 60.4. The lowest BCUT2D eigenvalue weighted by atomic mass is 10.0. The van der Waals surface area contributed by atoms with Gasteiger partial charge in [0.1, 0.15) is 11.6 Å². The molecule has 2 amide bonds. The van der Waals surface area contributed by atoms with Crippen molar-refractivity contribution >= 4 is 12.0 Å². The Kier molecular flexibility index (Phi) is 8.72. The van der Waals surface area contributed by atoms with Gasteiger partial charge in [0.05, 0.1) is 0 Å². The first kappa shape index (κ1) is 24.5. The predicted molar refractivity (Wildman–Crippen MR) is 97.3 cm³/mol. The molecule has 0 aliphatic rings. The largest absolute Gasteiger partial charge is 0.503 e. The Bertz CT molecular complexity index is 722. The van der Waals surface area contributed by atoms with Gasteiger partial charge in [-0.15, -0.1) is 0 Å². The van der Waals surface area contributed by atoms with Crippen molar-refractivity contribution in [2.75, 3.05) is 6.54 Å². The molecule has 164 valence electrons. The molecule has 0 aliphatic carbocycles. The van der Waals surface area contributed by atoms with E-state index in [2.05, 4.69) is 10.6 Å². The summed E-state index contributed by atoms with van der Waals surface area (Å²) in [5, 5.41) is 13.7. The molecule has 3 N–H and O–H groups in total. The number of benzene rings is 1. The zero-order valence-electron chi connectivity index (χ0n) is 16.8. The summed E-state index contributed by atoms with van der Waals surface area (Å²) in [7, 11) is 0. The van der Waals surface area contributed by atoms with Crippen LogP contribution in [0.3, 0.4) is 0 Å². The molecule has 0 radical (unpaired) electrons. The average molecular weight is 422 g/mol. The third-order valence-corrected chi connectivity index (χ3v) is 3.83. The molecule has 1 rings (SSSR count). The summed E-state index contributed by atoms with van der Waals surface area (Å²) in [6, 6.07) is -1.57. The van der Waals surface area contributed by atoms with Gasteiger partial charge in [-0.05, 0) is 27.2 Å². The highest BCUT2D eigenvalue weighted by atomic mass is 19.2. The van der Waals surface area contributed by atoms with E-state index in [4.69, 9.17) is 9.84 Å². The lowest BCUT2D eigenvalue weighted by Crippen LogP contribution is -2.49. The van der Waals surface area contributed by atoms with Crippen LogP contribution in [0.25, 0.3) is 0 Å². The van der Waals surface area contributed by atoms with Crippen LogP contribution in [0.4, 0.5) is 22.4 Å². The molecule has 0 bridgehead atoms. The number of carbonyl (C=O) groups excluding carboxylic acids is 2. The maximum atomic E-state index is 14.1. The molecule has 0 aromatic heterocycles. The van der Waals surface area contributed by atoms with Gasteiger partial charge in [-0.1, -0.05) is 19.8 Å². The molecule has 0 spiro atoms. The van der Waals surface area contributed by atoms with Crippen molar-refractivity contribution in [2.24, 2.45) is 0 Å². The Balaban J connectivity index is 3.11. The smallest absolute Gasteiger partial charge is 0.408 e. The molecule has 29 heavy (non-hydrogen) atoms. The van der Waals surface area contributed by atoms with Gasteiger partial charge in [0.15, 0.2) is 17.4 Å². The maximum absolute atomic E-state index is 14.1. The number of nitrogens with one attached hydrogen (secondary N) is 2. The number of phenolic OH excluding ortho intramolecular Hbond substituents is 1. The second-order valence-corrected chi connectivity index (χ2v) is 7.48. The first-order valence-electron chi connectivity index (χ1n) is 9.20. The van der Waals surface area contributed by atoms with Gasteiger partial charge in [0.25, 0.3) is 0 Å². The molecular formula is C19H26F4N2O4. The fourth-order valence-corrected chi connectivity index (χ4v) is 2.42. The van der Waals surface area contributed by atoms with Crippen LogP contribution in [-0.2, 0) is 16.0 Å². The summed E-state index contributed by atoms with van der Waals surface area (Å²) in [6.07, 6.45) is 0.392. The van der Waals surface area contributed by atoms with E-state index in [0.29, 0.717) is 6.42 Å². The number of unbranched alkanes of at least 4 members (excludes halogenated alkanes) is 2. The van der Waals surface area contributed by atoms with Crippen molar-refractivity contribution in [2.45, 2.75) is 65.0 Å². The monoisotopic (exact) mass is 422 g/mol. The SMILES string of the molecule is CCCCCNC(=O)C(Cc1c(F)c(F)c(O)c(F)c1F)NC(=O)OC(C)(C)C. The standard InChI is InChI=1S/C19H26F4N2O4/c1-5-6-7-8-24-17(27)11(25-18(28)29-19(2,3)4)9-10-12(20)14(22)16(26)15(23)13(10)21/h11,26H,5-9H2,1-4H3,(H,24,27)(H,25,28). The Hall–Kier alpha value is -2.52. The zero-order chi connectivity index (χ0) is 22.4. The van der Waals surface area contributed by atoms with Crippen molar-refractivity contribution in [3.8, 4) is 5.75 Å². The number of hydrogen-bond donors (Lipinski definition) is 3. The summed E-state index contributed by atoms with van der Waals surface area (Å²) in [4.78, 5) is 24.4. The van der Waals surface area contributed by atoms with Crippen LogP contribution in [0.5, 0.6) is 5.75 Å². The third kappa shape index (κ3) is 7.10. The zero-order valence-corrected chi connectivity index (χ0v) is 16.8. The van der Waals surface area contributed by atoms with Crippen LogP contribution in [0.2, 0.25) is 0 Å². The van der Waals surface area contributed by atoms with Gasteiger partial charge in [0.2, 0.25) is 17.5 Å². The quantitative estimate of drug-likeness (QED) is 0.339. The van der Waals surface area contributed by atoms with Crippen molar-refractivity contribution in [3.05, 3.63) is 28.8 Å². The first-order chi connectivity index (χ1) is 13.4. The number of aromatic hydroxyl groups is 1. The number of rotatable bonds is 8. The van der Waals surface area contributed by atoms with Crippen molar-refractivity contribution in [3.63, 3.8) is 0 Å². The second kappa shape index (κ2) is 10.3. The molecule has 10 heteroatoms. The van der Waals surface area contributed by atoms with Crippen molar-refractivity contribution in [1.29, 1.82) is 0 Å². The lowest BCUT2D eigenvalue weighted by molar-refractivity contribution is -0.123. The van der Waals surface area contributed by atoms with Crippen LogP contribution in [0.1, 0.15) is 52.5 Å². The van der Waals surface area contributed by atoms with E-state index in [9.17, 15) is 27.2 Å². The number of carbonyl (C=O) groups is 2. The summed E-state index contributed by atoms with van der Waals surface area (Å²) in [6.45, 7) is 6.89. The highest BCUT2D eigenvalue weighted by Gasteiger charge is 2.31. The van der Waals surface area contributed by atoms with Gasteiger partial charge >= 0.3 is 6.09 Å². The molecule has 1 atom stereocenters. The maximum Gasteiger partial charge on any atom is 0.408 e. The fourth-order valence-electron chi connectivity index (χ4n) is 2.42. The molecule has 0 saturated carbocycles. The minimum atomic E-state index is -1.99. The minimum Gasteiger partial charge on any atom is -0.503 e. The summed E-state index contributed by atoms with van der Waals surface area (Å²) >= 11 is 0. The van der Waals surface area contributed by atoms with E-state index in [1.807, 2.05) is 6.92 Å². The number of alkyl carbamates (subject to hydrolysis) is 1. The first-order valence-corrected chi connectivity index (χ1v) is 9.20. The van der Waals surface area contributed by atoms with Gasteiger partial charge in [-0.25, -0.2) is 13.6 Å². The van der Waals surface area contributed by atoms with E-state index in [-0.39, 0.29) is 6.54 Å². The molecule has 0 heterocycles. The number of ether oxygens (including phenoxy) is 1. The molecule has 1 unspecified atom stereocenters. The van der Waals surface area contributed by atoms with Crippen LogP contribution < -0.4 is 10.6 Å². The average Bonchev–Trinajstić information content (AvgIpc) is 2.62. The van der Waals surface area contributed by atoms with E-state index >= 15 is 0 Å².